The summed E-state index contributed by atoms with van der Waals surface area (Å²) in [5, 5.41) is 14.6. The van der Waals surface area contributed by atoms with E-state index in [1.165, 1.54) is 16.9 Å². The Balaban J connectivity index is 1.88. The number of nitrogens with one attached hydrogen (secondary N) is 1. The lowest BCUT2D eigenvalue weighted by Gasteiger charge is -2.20. The summed E-state index contributed by atoms with van der Waals surface area (Å²) in [5.74, 6) is 0.665. The van der Waals surface area contributed by atoms with E-state index in [1.807, 2.05) is 18.4 Å². The van der Waals surface area contributed by atoms with Crippen molar-refractivity contribution < 1.29 is 5.11 Å². The van der Waals surface area contributed by atoms with Crippen LogP contribution in [0.3, 0.4) is 0 Å². The zero-order chi connectivity index (χ0) is 20.7. The predicted octanol–water partition coefficient (Wildman–Crippen LogP) is 5.48. The van der Waals surface area contributed by atoms with Gasteiger partial charge < -0.3 is 15.0 Å². The third-order valence-electron chi connectivity index (χ3n) is 5.78. The first-order valence-electron chi connectivity index (χ1n) is 9.95. The lowest BCUT2D eigenvalue weighted by molar-refractivity contribution is 0.333. The van der Waals surface area contributed by atoms with Gasteiger partial charge in [0.25, 0.3) is 5.56 Å². The smallest absolute Gasteiger partial charge is 0.266 e. The van der Waals surface area contributed by atoms with Crippen molar-refractivity contribution in [1.29, 1.82) is 0 Å². The molecular weight excluding hydrogens is 380 g/mol. The minimum absolute atomic E-state index is 0.0774. The summed E-state index contributed by atoms with van der Waals surface area (Å²) in [6.07, 6.45) is 0. The van der Waals surface area contributed by atoms with E-state index in [2.05, 4.69) is 55.0 Å². The molecule has 0 aliphatic heterocycles. The number of aromatic amines is 1. The Morgan fingerprint density at radius 1 is 1.21 bits per heavy atom. The van der Waals surface area contributed by atoms with Gasteiger partial charge in [0.15, 0.2) is 0 Å². The first-order chi connectivity index (χ1) is 13.9. The van der Waals surface area contributed by atoms with Crippen molar-refractivity contribution >= 4 is 32.3 Å². The van der Waals surface area contributed by atoms with Crippen LogP contribution in [-0.2, 0) is 0 Å². The Morgan fingerprint density at radius 3 is 2.62 bits per heavy atom. The van der Waals surface area contributed by atoms with Crippen LogP contribution < -0.4 is 5.56 Å². The molecule has 0 bridgehead atoms. The summed E-state index contributed by atoms with van der Waals surface area (Å²) in [7, 11) is 2.13. The number of phenolic OH excluding ortho intramolecular Hbond substituents is 1. The van der Waals surface area contributed by atoms with Gasteiger partial charge in [-0.05, 0) is 60.6 Å². The molecule has 0 amide bonds. The van der Waals surface area contributed by atoms with Crippen molar-refractivity contribution in [3.63, 3.8) is 0 Å². The van der Waals surface area contributed by atoms with E-state index in [1.54, 1.807) is 6.07 Å². The molecule has 29 heavy (non-hydrogen) atoms. The minimum Gasteiger partial charge on any atom is -0.507 e. The normalized spacial score (nSPS) is 12.9. The molecule has 4 nitrogen and oxygen atoms in total. The maximum atomic E-state index is 12.5. The van der Waals surface area contributed by atoms with Crippen molar-refractivity contribution in [2.24, 2.45) is 0 Å². The van der Waals surface area contributed by atoms with Gasteiger partial charge in [0.2, 0.25) is 0 Å². The van der Waals surface area contributed by atoms with E-state index in [4.69, 9.17) is 0 Å². The number of nitrogens with zero attached hydrogens (tertiary/aromatic N) is 1. The molecule has 0 aliphatic carbocycles. The SMILES string of the molecule is CCN(C)CC(C)c1ccc(-c2c(O)cc(C)c3[nH]c(=O)c4sccc4c23)cc1. The molecule has 0 saturated carbocycles. The van der Waals surface area contributed by atoms with Gasteiger partial charge >= 0.3 is 0 Å². The maximum absolute atomic E-state index is 12.5. The molecule has 0 spiro atoms. The maximum Gasteiger partial charge on any atom is 0.266 e. The van der Waals surface area contributed by atoms with Gasteiger partial charge in [0.1, 0.15) is 10.4 Å². The molecule has 2 aromatic carbocycles. The van der Waals surface area contributed by atoms with E-state index in [0.717, 1.165) is 46.1 Å². The van der Waals surface area contributed by atoms with Crippen molar-refractivity contribution in [1.82, 2.24) is 9.88 Å². The van der Waals surface area contributed by atoms with E-state index in [-0.39, 0.29) is 11.3 Å². The van der Waals surface area contributed by atoms with Crippen LogP contribution in [-0.4, -0.2) is 35.1 Å². The molecule has 2 aromatic heterocycles. The highest BCUT2D eigenvalue weighted by Crippen LogP contribution is 2.41. The largest absolute Gasteiger partial charge is 0.507 e. The predicted molar refractivity (Wildman–Crippen MR) is 123 cm³/mol. The van der Waals surface area contributed by atoms with E-state index >= 15 is 0 Å². The molecule has 0 saturated heterocycles. The van der Waals surface area contributed by atoms with Crippen molar-refractivity contribution in [2.45, 2.75) is 26.7 Å². The van der Waals surface area contributed by atoms with Crippen molar-refractivity contribution in [3.8, 4) is 16.9 Å². The monoisotopic (exact) mass is 406 g/mol. The Bertz CT molecular complexity index is 1240. The summed E-state index contributed by atoms with van der Waals surface area (Å²) >= 11 is 1.43. The molecule has 150 valence electrons. The fourth-order valence-electron chi connectivity index (χ4n) is 4.05. The van der Waals surface area contributed by atoms with Crippen LogP contribution in [0.2, 0.25) is 0 Å². The van der Waals surface area contributed by atoms with Gasteiger partial charge in [-0.1, -0.05) is 38.1 Å². The lowest BCUT2D eigenvalue weighted by atomic mass is 9.93. The lowest BCUT2D eigenvalue weighted by Crippen LogP contribution is -2.22. The number of aromatic nitrogens is 1. The number of rotatable bonds is 5. The molecule has 4 rings (SSSR count). The molecule has 0 fully saturated rings. The second-order valence-electron chi connectivity index (χ2n) is 7.83. The summed E-state index contributed by atoms with van der Waals surface area (Å²) in [5.41, 5.74) is 4.57. The van der Waals surface area contributed by atoms with Gasteiger partial charge in [0, 0.05) is 22.9 Å². The Morgan fingerprint density at radius 2 is 1.93 bits per heavy atom. The number of aromatic hydroxyl groups is 1. The zero-order valence-electron chi connectivity index (χ0n) is 17.2. The third-order valence-corrected chi connectivity index (χ3v) is 6.69. The van der Waals surface area contributed by atoms with Gasteiger partial charge in [0.05, 0.1) is 5.52 Å². The number of H-pyrrole nitrogens is 1. The first-order valence-corrected chi connectivity index (χ1v) is 10.8. The van der Waals surface area contributed by atoms with Gasteiger partial charge in [-0.25, -0.2) is 0 Å². The molecule has 1 atom stereocenters. The summed E-state index contributed by atoms with van der Waals surface area (Å²) in [4.78, 5) is 17.8. The number of likely N-dealkylation sites (N-methyl/N-ethyl adjacent to an activating group) is 1. The van der Waals surface area contributed by atoms with Crippen molar-refractivity contribution in [2.75, 3.05) is 20.1 Å². The van der Waals surface area contributed by atoms with Gasteiger partial charge in [-0.15, -0.1) is 11.3 Å². The number of hydrogen-bond donors (Lipinski definition) is 2. The fourth-order valence-corrected chi connectivity index (χ4v) is 4.85. The zero-order valence-corrected chi connectivity index (χ0v) is 18.1. The Kier molecular flexibility index (Phi) is 5.19. The summed E-state index contributed by atoms with van der Waals surface area (Å²) in [6, 6.07) is 12.1. The number of hydrogen-bond acceptors (Lipinski definition) is 4. The molecule has 0 aliphatic rings. The third kappa shape index (κ3) is 3.45. The topological polar surface area (TPSA) is 56.3 Å². The Labute approximate surface area is 174 Å². The van der Waals surface area contributed by atoms with Crippen LogP contribution in [0.15, 0.2) is 46.6 Å². The number of phenols is 1. The van der Waals surface area contributed by atoms with Crippen LogP contribution in [0.5, 0.6) is 5.75 Å². The average molecular weight is 407 g/mol. The minimum atomic E-state index is -0.0774. The average Bonchev–Trinajstić information content (AvgIpc) is 3.20. The number of pyridine rings is 1. The molecule has 0 radical (unpaired) electrons. The van der Waals surface area contributed by atoms with Crippen LogP contribution in [0.25, 0.3) is 32.1 Å². The highest BCUT2D eigenvalue weighted by atomic mass is 32.1. The van der Waals surface area contributed by atoms with Crippen LogP contribution in [0.4, 0.5) is 0 Å². The van der Waals surface area contributed by atoms with E-state index < -0.39 is 0 Å². The highest BCUT2D eigenvalue weighted by molar-refractivity contribution is 7.17. The van der Waals surface area contributed by atoms with Gasteiger partial charge in [-0.3, -0.25) is 4.79 Å². The molecule has 2 N–H and O–H groups in total. The fraction of sp³-hybridized carbons (Fsp3) is 0.292. The van der Waals surface area contributed by atoms with E-state index in [0.29, 0.717) is 10.6 Å². The Hall–Kier alpha value is -2.63. The first kappa shape index (κ1) is 19.7. The van der Waals surface area contributed by atoms with Crippen molar-refractivity contribution in [3.05, 3.63) is 63.3 Å². The summed E-state index contributed by atoms with van der Waals surface area (Å²) in [6.45, 7) is 8.34. The highest BCUT2D eigenvalue weighted by Gasteiger charge is 2.18. The van der Waals surface area contributed by atoms with Crippen LogP contribution in [0.1, 0.15) is 30.9 Å². The number of fused-ring (bicyclic) bond motifs is 3. The van der Waals surface area contributed by atoms with Gasteiger partial charge in [-0.2, -0.15) is 0 Å². The quantitative estimate of drug-likeness (QED) is 0.461. The summed E-state index contributed by atoms with van der Waals surface area (Å²) < 4.78 is 0.691. The number of benzene rings is 2. The molecular formula is C24H26N2O2S. The molecule has 4 aromatic rings. The number of thiophene rings is 1. The van der Waals surface area contributed by atoms with E-state index in [9.17, 15) is 9.90 Å². The standard InChI is InChI=1S/C24H26N2O2S/c1-5-26(4)13-15(3)16-6-8-17(9-7-16)20-19(27)12-14(2)22-21(20)18-10-11-29-23(18)24(28)25-22/h6-12,15,27H,5,13H2,1-4H3,(H,25,28). The number of aryl methyl sites for hydroxylation is 1. The van der Waals surface area contributed by atoms with Crippen LogP contribution >= 0.6 is 11.3 Å². The van der Waals surface area contributed by atoms with Crippen LogP contribution in [0, 0.1) is 6.92 Å². The second kappa shape index (κ2) is 7.65. The molecule has 2 heterocycles. The second-order valence-corrected chi connectivity index (χ2v) is 8.75. The molecule has 1 unspecified atom stereocenters. The molecule has 5 heteroatoms.